The highest BCUT2D eigenvalue weighted by Gasteiger charge is 2.28. The molecule has 1 aromatic carbocycles. The molecule has 0 unspecified atom stereocenters. The van der Waals surface area contributed by atoms with E-state index in [1.807, 2.05) is 32.9 Å². The molecular weight excluding hydrogens is 356 g/mol. The minimum absolute atomic E-state index is 0.164. The number of hydrogen-bond donors (Lipinski definition) is 3. The van der Waals surface area contributed by atoms with E-state index in [9.17, 15) is 4.79 Å². The summed E-state index contributed by atoms with van der Waals surface area (Å²) in [6.07, 6.45) is 2.05. The van der Waals surface area contributed by atoms with Crippen LogP contribution < -0.4 is 20.7 Å². The zero-order valence-corrected chi connectivity index (χ0v) is 17.3. The van der Waals surface area contributed by atoms with Crippen LogP contribution in [0.5, 0.6) is 5.75 Å². The lowest BCUT2D eigenvalue weighted by molar-refractivity contribution is -0.122. The summed E-state index contributed by atoms with van der Waals surface area (Å²) >= 11 is 0. The fourth-order valence-corrected chi connectivity index (χ4v) is 2.64. The topological polar surface area (TPSA) is 84.0 Å². The molecule has 0 aromatic heterocycles. The third-order valence-corrected chi connectivity index (χ3v) is 4.33. The van der Waals surface area contributed by atoms with E-state index in [2.05, 4.69) is 27.0 Å². The van der Waals surface area contributed by atoms with Gasteiger partial charge in [-0.3, -0.25) is 4.79 Å². The second-order valence-corrected chi connectivity index (χ2v) is 6.84. The van der Waals surface area contributed by atoms with E-state index >= 15 is 0 Å². The van der Waals surface area contributed by atoms with Gasteiger partial charge in [-0.25, -0.2) is 4.99 Å². The number of rotatable bonds is 12. The van der Waals surface area contributed by atoms with Crippen molar-refractivity contribution in [3.63, 3.8) is 0 Å². The van der Waals surface area contributed by atoms with Crippen molar-refractivity contribution in [3.05, 3.63) is 29.3 Å². The first-order valence-electron chi connectivity index (χ1n) is 10.2. The molecule has 1 aliphatic carbocycles. The number of hydrogen-bond acceptors (Lipinski definition) is 4. The van der Waals surface area contributed by atoms with Crippen LogP contribution in [0.1, 0.15) is 37.8 Å². The van der Waals surface area contributed by atoms with Gasteiger partial charge in [0.15, 0.2) is 5.96 Å². The molecule has 7 nitrogen and oxygen atoms in total. The van der Waals surface area contributed by atoms with Gasteiger partial charge >= 0.3 is 0 Å². The number of carbonyl (C=O) groups is 1. The average molecular weight is 391 g/mol. The Morgan fingerprint density at radius 1 is 1.14 bits per heavy atom. The van der Waals surface area contributed by atoms with E-state index in [-0.39, 0.29) is 11.8 Å². The average Bonchev–Trinajstić information content (AvgIpc) is 3.53. The van der Waals surface area contributed by atoms with Gasteiger partial charge in [0.25, 0.3) is 0 Å². The molecular formula is C21H34N4O3. The second kappa shape index (κ2) is 12.2. The zero-order chi connectivity index (χ0) is 20.2. The fraction of sp³-hybridized carbons (Fsp3) is 0.619. The first kappa shape index (κ1) is 22.0. The van der Waals surface area contributed by atoms with E-state index in [1.54, 1.807) is 0 Å². The van der Waals surface area contributed by atoms with E-state index in [1.165, 1.54) is 0 Å². The van der Waals surface area contributed by atoms with Crippen molar-refractivity contribution in [1.82, 2.24) is 16.0 Å². The molecule has 0 atom stereocenters. The number of guanidine groups is 1. The Morgan fingerprint density at radius 3 is 2.64 bits per heavy atom. The van der Waals surface area contributed by atoms with Gasteiger partial charge in [0.1, 0.15) is 12.4 Å². The maximum Gasteiger partial charge on any atom is 0.223 e. The van der Waals surface area contributed by atoms with Crippen LogP contribution in [-0.2, 0) is 16.1 Å². The summed E-state index contributed by atoms with van der Waals surface area (Å²) in [4.78, 5) is 16.3. The van der Waals surface area contributed by atoms with E-state index < -0.39 is 0 Å². The lowest BCUT2D eigenvalue weighted by atomic mass is 10.1. The highest BCUT2D eigenvalue weighted by molar-refractivity contribution is 5.81. The van der Waals surface area contributed by atoms with Crippen LogP contribution in [0, 0.1) is 12.8 Å². The van der Waals surface area contributed by atoms with Gasteiger partial charge in [-0.05, 0) is 45.2 Å². The van der Waals surface area contributed by atoms with Gasteiger partial charge in [0.05, 0.1) is 13.2 Å². The maximum absolute atomic E-state index is 11.7. The minimum Gasteiger partial charge on any atom is -0.491 e. The molecule has 1 fully saturated rings. The van der Waals surface area contributed by atoms with Gasteiger partial charge < -0.3 is 25.4 Å². The summed E-state index contributed by atoms with van der Waals surface area (Å²) in [6, 6.07) is 6.15. The number of aliphatic imine (C=N–C) groups is 1. The summed E-state index contributed by atoms with van der Waals surface area (Å²) in [5.41, 5.74) is 2.18. The number of nitrogens with one attached hydrogen (secondary N) is 3. The predicted octanol–water partition coefficient (Wildman–Crippen LogP) is 1.99. The molecule has 1 amide bonds. The second-order valence-electron chi connectivity index (χ2n) is 6.84. The van der Waals surface area contributed by atoms with Crippen LogP contribution in [0.3, 0.4) is 0 Å². The lowest BCUT2D eigenvalue weighted by Crippen LogP contribution is -2.41. The van der Waals surface area contributed by atoms with Crippen LogP contribution in [0.15, 0.2) is 23.2 Å². The molecule has 1 aromatic rings. The first-order valence-corrected chi connectivity index (χ1v) is 10.2. The Kier molecular flexibility index (Phi) is 9.62. The Hall–Kier alpha value is -2.28. The van der Waals surface area contributed by atoms with Crippen molar-refractivity contribution in [3.8, 4) is 5.75 Å². The number of benzene rings is 1. The van der Waals surface area contributed by atoms with Crippen LogP contribution in [-0.4, -0.2) is 51.3 Å². The summed E-state index contributed by atoms with van der Waals surface area (Å²) < 4.78 is 11.2. The van der Waals surface area contributed by atoms with Gasteiger partial charge in [-0.15, -0.1) is 0 Å². The van der Waals surface area contributed by atoms with Crippen molar-refractivity contribution in [2.75, 3.05) is 39.5 Å². The molecule has 1 saturated carbocycles. The molecule has 3 N–H and O–H groups in total. The molecule has 0 bridgehead atoms. The Balaban J connectivity index is 1.86. The van der Waals surface area contributed by atoms with Gasteiger partial charge in [-0.1, -0.05) is 12.1 Å². The summed E-state index contributed by atoms with van der Waals surface area (Å²) in [5.74, 6) is 1.97. The highest BCUT2D eigenvalue weighted by Crippen LogP contribution is 2.28. The maximum atomic E-state index is 11.7. The van der Waals surface area contributed by atoms with Gasteiger partial charge in [0, 0.05) is 37.7 Å². The van der Waals surface area contributed by atoms with Crippen LogP contribution in [0.2, 0.25) is 0 Å². The standard InChI is InChI=1S/C21H34N4O3/c1-4-22-21(24-11-10-23-20(26)17-8-9-17)25-15-18-7-6-16(3)14-19(18)28-13-12-27-5-2/h6-7,14,17H,4-5,8-13,15H2,1-3H3,(H,23,26)(H2,22,24,25). The Bertz CT molecular complexity index is 645. The quantitative estimate of drug-likeness (QED) is 0.289. The molecule has 28 heavy (non-hydrogen) atoms. The van der Waals surface area contributed by atoms with Crippen LogP contribution >= 0.6 is 0 Å². The predicted molar refractivity (Wildman–Crippen MR) is 112 cm³/mol. The summed E-state index contributed by atoms with van der Waals surface area (Å²) in [6.45, 7) is 10.3. The molecule has 0 aliphatic heterocycles. The Morgan fingerprint density at radius 2 is 1.93 bits per heavy atom. The molecule has 0 spiro atoms. The molecule has 2 rings (SSSR count). The third kappa shape index (κ3) is 8.17. The van der Waals surface area contributed by atoms with Crippen molar-refractivity contribution < 1.29 is 14.3 Å². The molecule has 0 saturated heterocycles. The third-order valence-electron chi connectivity index (χ3n) is 4.33. The molecule has 1 aliphatic rings. The molecule has 156 valence electrons. The fourth-order valence-electron chi connectivity index (χ4n) is 2.64. The van der Waals surface area contributed by atoms with E-state index in [0.29, 0.717) is 39.5 Å². The monoisotopic (exact) mass is 390 g/mol. The van der Waals surface area contributed by atoms with Crippen molar-refractivity contribution in [2.24, 2.45) is 10.9 Å². The molecule has 0 heterocycles. The number of amides is 1. The number of carbonyl (C=O) groups excluding carboxylic acids is 1. The number of nitrogens with zero attached hydrogens (tertiary/aromatic N) is 1. The summed E-state index contributed by atoms with van der Waals surface area (Å²) in [7, 11) is 0. The van der Waals surface area contributed by atoms with Crippen molar-refractivity contribution in [1.29, 1.82) is 0 Å². The molecule has 7 heteroatoms. The van der Waals surface area contributed by atoms with Crippen molar-refractivity contribution >= 4 is 11.9 Å². The summed E-state index contributed by atoms with van der Waals surface area (Å²) in [5, 5.41) is 9.44. The Labute approximate surface area is 168 Å². The molecule has 0 radical (unpaired) electrons. The zero-order valence-electron chi connectivity index (χ0n) is 17.3. The lowest BCUT2D eigenvalue weighted by Gasteiger charge is -2.14. The van der Waals surface area contributed by atoms with Gasteiger partial charge in [0.2, 0.25) is 5.91 Å². The van der Waals surface area contributed by atoms with Gasteiger partial charge in [-0.2, -0.15) is 0 Å². The number of aryl methyl sites for hydroxylation is 1. The van der Waals surface area contributed by atoms with E-state index in [4.69, 9.17) is 9.47 Å². The van der Waals surface area contributed by atoms with Crippen LogP contribution in [0.4, 0.5) is 0 Å². The minimum atomic E-state index is 0.164. The smallest absolute Gasteiger partial charge is 0.223 e. The van der Waals surface area contributed by atoms with E-state index in [0.717, 1.165) is 42.2 Å². The largest absolute Gasteiger partial charge is 0.491 e. The van der Waals surface area contributed by atoms with Crippen molar-refractivity contribution in [2.45, 2.75) is 40.2 Å². The SMILES string of the molecule is CCNC(=NCc1ccc(C)cc1OCCOCC)NCCNC(=O)C1CC1. The first-order chi connectivity index (χ1) is 13.6. The highest BCUT2D eigenvalue weighted by atomic mass is 16.5. The van der Waals surface area contributed by atoms with Crippen LogP contribution in [0.25, 0.3) is 0 Å². The normalized spacial score (nSPS) is 13.9. The number of ether oxygens (including phenoxy) is 2.